The Balaban J connectivity index is 2.03. The standard InChI is InChI=1S/C18H18BrN3O2/c1-22-18(14(19)11-20-22)21-13-7-4-6-12(10-13)17-15(23-2)8-5-9-16(17)24-3/h4-11,21H,1-3H3. The van der Waals surface area contributed by atoms with Crippen molar-refractivity contribution in [1.82, 2.24) is 9.78 Å². The van der Waals surface area contributed by atoms with Gasteiger partial charge >= 0.3 is 0 Å². The van der Waals surface area contributed by atoms with Crippen molar-refractivity contribution in [2.24, 2.45) is 7.05 Å². The number of hydrogen-bond acceptors (Lipinski definition) is 4. The molecule has 0 atom stereocenters. The van der Waals surface area contributed by atoms with Crippen LogP contribution in [-0.2, 0) is 7.05 Å². The number of anilines is 2. The van der Waals surface area contributed by atoms with Crippen molar-refractivity contribution in [2.75, 3.05) is 19.5 Å². The van der Waals surface area contributed by atoms with Crippen LogP contribution in [0.1, 0.15) is 0 Å². The van der Waals surface area contributed by atoms with Gasteiger partial charge in [-0.3, -0.25) is 4.68 Å². The molecule has 0 saturated heterocycles. The highest BCUT2D eigenvalue weighted by atomic mass is 79.9. The normalized spacial score (nSPS) is 10.5. The summed E-state index contributed by atoms with van der Waals surface area (Å²) < 4.78 is 13.7. The molecular formula is C18H18BrN3O2. The highest BCUT2D eigenvalue weighted by Gasteiger charge is 2.13. The van der Waals surface area contributed by atoms with Crippen molar-refractivity contribution in [3.05, 3.63) is 53.1 Å². The number of aryl methyl sites for hydroxylation is 1. The smallest absolute Gasteiger partial charge is 0.142 e. The molecule has 3 aromatic rings. The summed E-state index contributed by atoms with van der Waals surface area (Å²) in [6.45, 7) is 0. The average Bonchev–Trinajstić information content (AvgIpc) is 2.93. The third kappa shape index (κ3) is 3.10. The van der Waals surface area contributed by atoms with E-state index in [0.29, 0.717) is 0 Å². The van der Waals surface area contributed by atoms with E-state index in [1.165, 1.54) is 0 Å². The van der Waals surface area contributed by atoms with Crippen LogP contribution >= 0.6 is 15.9 Å². The maximum atomic E-state index is 5.50. The number of nitrogens with zero attached hydrogens (tertiary/aromatic N) is 2. The molecule has 0 unspecified atom stereocenters. The van der Waals surface area contributed by atoms with Gasteiger partial charge in [0.25, 0.3) is 0 Å². The fraction of sp³-hybridized carbons (Fsp3) is 0.167. The van der Waals surface area contributed by atoms with Crippen LogP contribution in [0.2, 0.25) is 0 Å². The third-order valence-corrected chi connectivity index (χ3v) is 4.32. The topological polar surface area (TPSA) is 48.3 Å². The van der Waals surface area contributed by atoms with Crippen LogP contribution in [0.3, 0.4) is 0 Å². The van der Waals surface area contributed by atoms with Crippen LogP contribution in [-0.4, -0.2) is 24.0 Å². The van der Waals surface area contributed by atoms with Gasteiger partial charge < -0.3 is 14.8 Å². The Morgan fingerprint density at radius 2 is 1.71 bits per heavy atom. The Bertz CT molecular complexity index is 819. The lowest BCUT2D eigenvalue weighted by molar-refractivity contribution is 0.397. The number of benzene rings is 2. The van der Waals surface area contributed by atoms with Gasteiger partial charge in [0.15, 0.2) is 0 Å². The first kappa shape index (κ1) is 16.4. The van der Waals surface area contributed by atoms with Gasteiger partial charge in [-0.05, 0) is 45.8 Å². The Morgan fingerprint density at radius 3 is 2.29 bits per heavy atom. The number of nitrogens with one attached hydrogen (secondary N) is 1. The first-order valence-corrected chi connectivity index (χ1v) is 8.19. The van der Waals surface area contributed by atoms with E-state index < -0.39 is 0 Å². The lowest BCUT2D eigenvalue weighted by Crippen LogP contribution is -2.00. The minimum absolute atomic E-state index is 0.771. The van der Waals surface area contributed by atoms with Crippen LogP contribution in [0, 0.1) is 0 Å². The van der Waals surface area contributed by atoms with E-state index in [9.17, 15) is 0 Å². The fourth-order valence-corrected chi connectivity index (χ4v) is 3.02. The molecule has 0 bridgehead atoms. The number of aromatic nitrogens is 2. The highest BCUT2D eigenvalue weighted by molar-refractivity contribution is 9.10. The fourth-order valence-electron chi connectivity index (χ4n) is 2.58. The molecule has 1 N–H and O–H groups in total. The van der Waals surface area contributed by atoms with Gasteiger partial charge in [0.2, 0.25) is 0 Å². The molecule has 0 aliphatic carbocycles. The highest BCUT2D eigenvalue weighted by Crippen LogP contribution is 2.39. The summed E-state index contributed by atoms with van der Waals surface area (Å²) in [4.78, 5) is 0. The summed E-state index contributed by atoms with van der Waals surface area (Å²) >= 11 is 3.50. The largest absolute Gasteiger partial charge is 0.496 e. The molecule has 1 aromatic heterocycles. The second-order valence-corrected chi connectivity index (χ2v) is 6.06. The van der Waals surface area contributed by atoms with E-state index in [-0.39, 0.29) is 0 Å². The Labute approximate surface area is 149 Å². The van der Waals surface area contributed by atoms with E-state index >= 15 is 0 Å². The number of rotatable bonds is 5. The zero-order chi connectivity index (χ0) is 17.1. The number of hydrogen-bond donors (Lipinski definition) is 1. The monoisotopic (exact) mass is 387 g/mol. The average molecular weight is 388 g/mol. The van der Waals surface area contributed by atoms with E-state index in [4.69, 9.17) is 9.47 Å². The van der Waals surface area contributed by atoms with Crippen molar-refractivity contribution in [3.8, 4) is 22.6 Å². The minimum Gasteiger partial charge on any atom is -0.496 e. The van der Waals surface area contributed by atoms with Crippen LogP contribution in [0.5, 0.6) is 11.5 Å². The van der Waals surface area contributed by atoms with Crippen molar-refractivity contribution < 1.29 is 9.47 Å². The zero-order valence-corrected chi connectivity index (χ0v) is 15.3. The molecule has 0 aliphatic heterocycles. The molecule has 0 fully saturated rings. The first-order valence-electron chi connectivity index (χ1n) is 7.40. The summed E-state index contributed by atoms with van der Waals surface area (Å²) in [6.07, 6.45) is 1.76. The van der Waals surface area contributed by atoms with Gasteiger partial charge in [0.1, 0.15) is 17.3 Å². The maximum absolute atomic E-state index is 5.50. The Morgan fingerprint density at radius 1 is 1.04 bits per heavy atom. The second-order valence-electron chi connectivity index (χ2n) is 5.21. The molecule has 0 radical (unpaired) electrons. The molecule has 0 saturated carbocycles. The first-order chi connectivity index (χ1) is 11.6. The van der Waals surface area contributed by atoms with Crippen molar-refractivity contribution in [1.29, 1.82) is 0 Å². The summed E-state index contributed by atoms with van der Waals surface area (Å²) in [5.41, 5.74) is 2.88. The molecule has 0 spiro atoms. The van der Waals surface area contributed by atoms with Gasteiger partial charge in [-0.1, -0.05) is 18.2 Å². The minimum atomic E-state index is 0.771. The molecule has 1 heterocycles. The van der Waals surface area contributed by atoms with Gasteiger partial charge in [-0.2, -0.15) is 5.10 Å². The predicted octanol–water partition coefficient (Wildman–Crippen LogP) is 4.61. The van der Waals surface area contributed by atoms with Gasteiger partial charge in [-0.15, -0.1) is 0 Å². The summed E-state index contributed by atoms with van der Waals surface area (Å²) in [5.74, 6) is 2.43. The molecule has 2 aromatic carbocycles. The van der Waals surface area contributed by atoms with Crippen molar-refractivity contribution >= 4 is 27.4 Å². The third-order valence-electron chi connectivity index (χ3n) is 3.74. The van der Waals surface area contributed by atoms with E-state index in [1.54, 1.807) is 25.1 Å². The van der Waals surface area contributed by atoms with Gasteiger partial charge in [-0.25, -0.2) is 0 Å². The molecular weight excluding hydrogens is 370 g/mol. The van der Waals surface area contributed by atoms with Gasteiger partial charge in [0, 0.05) is 12.7 Å². The zero-order valence-electron chi connectivity index (χ0n) is 13.7. The molecule has 0 amide bonds. The van der Waals surface area contributed by atoms with E-state index in [1.807, 2.05) is 43.4 Å². The Hall–Kier alpha value is -2.47. The summed E-state index contributed by atoms with van der Waals surface area (Å²) in [7, 11) is 5.21. The molecule has 0 aliphatic rings. The molecule has 3 rings (SSSR count). The Kier molecular flexibility index (Phi) is 4.76. The van der Waals surface area contributed by atoms with Crippen molar-refractivity contribution in [3.63, 3.8) is 0 Å². The van der Waals surface area contributed by atoms with Crippen LogP contribution in [0.15, 0.2) is 53.1 Å². The van der Waals surface area contributed by atoms with E-state index in [0.717, 1.165) is 38.6 Å². The summed E-state index contributed by atoms with van der Waals surface area (Å²) in [6, 6.07) is 13.9. The SMILES string of the molecule is COc1cccc(OC)c1-c1cccc(Nc2c(Br)cnn2C)c1. The van der Waals surface area contributed by atoms with Gasteiger partial charge in [0.05, 0.1) is 30.5 Å². The van der Waals surface area contributed by atoms with Crippen LogP contribution in [0.4, 0.5) is 11.5 Å². The van der Waals surface area contributed by atoms with Crippen molar-refractivity contribution in [2.45, 2.75) is 0 Å². The molecule has 124 valence electrons. The maximum Gasteiger partial charge on any atom is 0.142 e. The number of halogens is 1. The quantitative estimate of drug-likeness (QED) is 0.694. The predicted molar refractivity (Wildman–Crippen MR) is 99.2 cm³/mol. The molecule has 24 heavy (non-hydrogen) atoms. The number of ether oxygens (including phenoxy) is 2. The van der Waals surface area contributed by atoms with E-state index in [2.05, 4.69) is 32.4 Å². The summed E-state index contributed by atoms with van der Waals surface area (Å²) in [5, 5.41) is 7.59. The molecule has 6 heteroatoms. The second kappa shape index (κ2) is 6.97. The lowest BCUT2D eigenvalue weighted by Gasteiger charge is -2.14. The lowest BCUT2D eigenvalue weighted by atomic mass is 10.0. The molecule has 5 nitrogen and oxygen atoms in total. The number of methoxy groups -OCH3 is 2. The van der Waals surface area contributed by atoms with Crippen LogP contribution < -0.4 is 14.8 Å². The van der Waals surface area contributed by atoms with Crippen LogP contribution in [0.25, 0.3) is 11.1 Å².